The Kier molecular flexibility index (Phi) is 13.0. The van der Waals surface area contributed by atoms with Gasteiger partial charge in [-0.1, -0.05) is 58.3 Å². The quantitative estimate of drug-likeness (QED) is 0.472. The standard InChI is InChI=1S/C12H25NO.C2H4O/c1-2-3-4-5-6-7-8-9-10-11-12(13)14;1-2-3-1/h2-11H2,1H3,(H2,13,14);1-2H2. The van der Waals surface area contributed by atoms with Gasteiger partial charge in [0.05, 0.1) is 13.2 Å². The van der Waals surface area contributed by atoms with Gasteiger partial charge in [0.25, 0.3) is 0 Å². The highest BCUT2D eigenvalue weighted by atomic mass is 16.6. The second-order valence-electron chi connectivity index (χ2n) is 4.66. The molecule has 1 aliphatic heterocycles. The molecule has 102 valence electrons. The summed E-state index contributed by atoms with van der Waals surface area (Å²) in [6.45, 7) is 4.24. The highest BCUT2D eigenvalue weighted by Crippen LogP contribution is 2.10. The molecule has 1 aliphatic rings. The van der Waals surface area contributed by atoms with E-state index in [0.717, 1.165) is 26.1 Å². The third-order valence-corrected chi connectivity index (χ3v) is 2.73. The second kappa shape index (κ2) is 13.5. The Morgan fingerprint density at radius 3 is 1.71 bits per heavy atom. The number of epoxide rings is 1. The lowest BCUT2D eigenvalue weighted by Gasteiger charge is -2.00. The SMILES string of the molecule is C1CO1.CCCCCCCCCCCC(N)=O. The zero-order chi connectivity index (χ0) is 12.8. The summed E-state index contributed by atoms with van der Waals surface area (Å²) < 4.78 is 4.50. The lowest BCUT2D eigenvalue weighted by atomic mass is 10.1. The van der Waals surface area contributed by atoms with Gasteiger partial charge in [-0.15, -0.1) is 0 Å². The van der Waals surface area contributed by atoms with Crippen LogP contribution < -0.4 is 5.73 Å². The van der Waals surface area contributed by atoms with Crippen molar-refractivity contribution in [3.8, 4) is 0 Å². The van der Waals surface area contributed by atoms with Gasteiger partial charge in [0.2, 0.25) is 5.91 Å². The van der Waals surface area contributed by atoms with Crippen LogP contribution in [-0.2, 0) is 9.53 Å². The number of rotatable bonds is 10. The fourth-order valence-corrected chi connectivity index (χ4v) is 1.61. The molecular weight excluding hydrogens is 214 g/mol. The van der Waals surface area contributed by atoms with E-state index in [-0.39, 0.29) is 5.91 Å². The van der Waals surface area contributed by atoms with Crippen molar-refractivity contribution >= 4 is 5.91 Å². The smallest absolute Gasteiger partial charge is 0.217 e. The summed E-state index contributed by atoms with van der Waals surface area (Å²) >= 11 is 0. The zero-order valence-electron chi connectivity index (χ0n) is 11.4. The Morgan fingerprint density at radius 1 is 0.941 bits per heavy atom. The van der Waals surface area contributed by atoms with E-state index >= 15 is 0 Å². The molecule has 3 heteroatoms. The van der Waals surface area contributed by atoms with Gasteiger partial charge in [-0.3, -0.25) is 4.79 Å². The summed E-state index contributed by atoms with van der Waals surface area (Å²) in [5.74, 6) is -0.159. The maximum absolute atomic E-state index is 10.4. The molecule has 17 heavy (non-hydrogen) atoms. The van der Waals surface area contributed by atoms with Crippen LogP contribution in [0.5, 0.6) is 0 Å². The molecule has 1 rings (SSSR count). The number of unbranched alkanes of at least 4 members (excludes halogenated alkanes) is 8. The average molecular weight is 243 g/mol. The van der Waals surface area contributed by atoms with Gasteiger partial charge in [0.1, 0.15) is 0 Å². The number of hydrogen-bond donors (Lipinski definition) is 1. The van der Waals surface area contributed by atoms with Crippen LogP contribution in [0.2, 0.25) is 0 Å². The fraction of sp³-hybridized carbons (Fsp3) is 0.929. The van der Waals surface area contributed by atoms with Gasteiger partial charge in [-0.2, -0.15) is 0 Å². The molecule has 0 aromatic rings. The van der Waals surface area contributed by atoms with Crippen LogP contribution in [0.4, 0.5) is 0 Å². The van der Waals surface area contributed by atoms with Crippen LogP contribution >= 0.6 is 0 Å². The van der Waals surface area contributed by atoms with E-state index in [4.69, 9.17) is 5.73 Å². The van der Waals surface area contributed by atoms with E-state index in [1.165, 1.54) is 44.9 Å². The van der Waals surface area contributed by atoms with E-state index < -0.39 is 0 Å². The van der Waals surface area contributed by atoms with Crippen molar-refractivity contribution in [3.05, 3.63) is 0 Å². The van der Waals surface area contributed by atoms with E-state index in [2.05, 4.69) is 11.7 Å². The molecule has 0 aromatic heterocycles. The molecular formula is C14H29NO2. The Labute approximate surface area is 106 Å². The molecule has 1 amide bonds. The largest absolute Gasteiger partial charge is 0.377 e. The summed E-state index contributed by atoms with van der Waals surface area (Å²) in [6.07, 6.45) is 12.1. The molecule has 1 heterocycles. The highest BCUT2D eigenvalue weighted by molar-refractivity contribution is 5.73. The summed E-state index contributed by atoms with van der Waals surface area (Å²) in [5, 5.41) is 0. The van der Waals surface area contributed by atoms with Crippen LogP contribution in [0.1, 0.15) is 71.1 Å². The fourth-order valence-electron chi connectivity index (χ4n) is 1.61. The van der Waals surface area contributed by atoms with Crippen LogP contribution in [-0.4, -0.2) is 19.1 Å². The predicted molar refractivity (Wildman–Crippen MR) is 71.9 cm³/mol. The number of hydrogen-bond acceptors (Lipinski definition) is 2. The molecule has 0 unspecified atom stereocenters. The molecule has 0 aromatic carbocycles. The number of carbonyl (C=O) groups excluding carboxylic acids is 1. The average Bonchev–Trinajstić information content (AvgIpc) is 3.14. The van der Waals surface area contributed by atoms with Gasteiger partial charge < -0.3 is 10.5 Å². The molecule has 0 spiro atoms. The number of ether oxygens (including phenoxy) is 1. The normalized spacial score (nSPS) is 12.8. The molecule has 1 saturated heterocycles. The maximum atomic E-state index is 10.4. The first kappa shape index (κ1) is 16.4. The van der Waals surface area contributed by atoms with E-state index in [1.54, 1.807) is 0 Å². The van der Waals surface area contributed by atoms with Gasteiger partial charge >= 0.3 is 0 Å². The van der Waals surface area contributed by atoms with Crippen molar-refractivity contribution in [1.29, 1.82) is 0 Å². The minimum Gasteiger partial charge on any atom is -0.377 e. The Balaban J connectivity index is 0.000000728. The lowest BCUT2D eigenvalue weighted by Crippen LogP contribution is -2.09. The van der Waals surface area contributed by atoms with E-state index in [9.17, 15) is 4.79 Å². The first-order valence-electron chi connectivity index (χ1n) is 7.13. The third kappa shape index (κ3) is 21.3. The Morgan fingerprint density at radius 2 is 1.35 bits per heavy atom. The molecule has 0 radical (unpaired) electrons. The topological polar surface area (TPSA) is 55.6 Å². The monoisotopic (exact) mass is 243 g/mol. The van der Waals surface area contributed by atoms with Gasteiger partial charge in [0, 0.05) is 6.42 Å². The first-order valence-corrected chi connectivity index (χ1v) is 7.13. The van der Waals surface area contributed by atoms with E-state index in [0.29, 0.717) is 6.42 Å². The van der Waals surface area contributed by atoms with Crippen molar-refractivity contribution in [2.75, 3.05) is 13.2 Å². The molecule has 0 bridgehead atoms. The summed E-state index contributed by atoms with van der Waals surface area (Å²) in [7, 11) is 0. The van der Waals surface area contributed by atoms with Crippen molar-refractivity contribution in [2.45, 2.75) is 71.1 Å². The van der Waals surface area contributed by atoms with Crippen LogP contribution in [0.15, 0.2) is 0 Å². The lowest BCUT2D eigenvalue weighted by molar-refractivity contribution is -0.118. The first-order chi connectivity index (χ1) is 8.27. The molecule has 2 N–H and O–H groups in total. The summed E-state index contributed by atoms with van der Waals surface area (Å²) in [6, 6.07) is 0. The number of amides is 1. The molecule has 0 saturated carbocycles. The van der Waals surface area contributed by atoms with E-state index in [1.807, 2.05) is 0 Å². The van der Waals surface area contributed by atoms with Crippen molar-refractivity contribution < 1.29 is 9.53 Å². The Bertz CT molecular complexity index is 167. The molecule has 0 atom stereocenters. The Hall–Kier alpha value is -0.570. The highest BCUT2D eigenvalue weighted by Gasteiger charge is 1.95. The second-order valence-corrected chi connectivity index (χ2v) is 4.66. The number of primary amides is 1. The molecule has 1 fully saturated rings. The van der Waals surface area contributed by atoms with Gasteiger partial charge in [0.15, 0.2) is 0 Å². The minimum atomic E-state index is -0.159. The van der Waals surface area contributed by atoms with Gasteiger partial charge in [-0.25, -0.2) is 0 Å². The van der Waals surface area contributed by atoms with Crippen LogP contribution in [0.25, 0.3) is 0 Å². The van der Waals surface area contributed by atoms with Crippen molar-refractivity contribution in [3.63, 3.8) is 0 Å². The zero-order valence-corrected chi connectivity index (χ0v) is 11.4. The third-order valence-electron chi connectivity index (χ3n) is 2.73. The number of nitrogens with two attached hydrogens (primary N) is 1. The number of carbonyl (C=O) groups is 1. The maximum Gasteiger partial charge on any atom is 0.217 e. The van der Waals surface area contributed by atoms with Gasteiger partial charge in [-0.05, 0) is 6.42 Å². The van der Waals surface area contributed by atoms with Crippen LogP contribution in [0, 0.1) is 0 Å². The van der Waals surface area contributed by atoms with Crippen molar-refractivity contribution in [2.24, 2.45) is 5.73 Å². The molecule has 0 aliphatic carbocycles. The summed E-state index contributed by atoms with van der Waals surface area (Å²) in [5.41, 5.74) is 5.05. The minimum absolute atomic E-state index is 0.159. The van der Waals surface area contributed by atoms with Crippen LogP contribution in [0.3, 0.4) is 0 Å². The molecule has 3 nitrogen and oxygen atoms in total. The predicted octanol–water partition coefficient (Wildman–Crippen LogP) is 3.41. The van der Waals surface area contributed by atoms with Crippen molar-refractivity contribution in [1.82, 2.24) is 0 Å². The summed E-state index contributed by atoms with van der Waals surface area (Å²) in [4.78, 5) is 10.4.